The number of aryl methyl sites for hydroxylation is 1. The first kappa shape index (κ1) is 11.7. The third-order valence-corrected chi connectivity index (χ3v) is 3.14. The second-order valence-electron chi connectivity index (χ2n) is 4.64. The van der Waals surface area contributed by atoms with Crippen molar-refractivity contribution in [3.8, 4) is 0 Å². The number of likely N-dealkylation sites (tertiary alicyclic amines) is 1. The fraction of sp³-hybridized carbons (Fsp3) is 0.692. The van der Waals surface area contributed by atoms with Gasteiger partial charge in [-0.2, -0.15) is 0 Å². The highest BCUT2D eigenvalue weighted by Gasteiger charge is 2.09. The topological polar surface area (TPSA) is 28.4 Å². The fourth-order valence-electron chi connectivity index (χ4n) is 2.26. The number of furan rings is 1. The highest BCUT2D eigenvalue weighted by atomic mass is 16.3. The molecule has 2 rings (SSSR count). The lowest BCUT2D eigenvalue weighted by molar-refractivity contribution is 0.331. The molecular weight excluding hydrogens is 200 g/mol. The van der Waals surface area contributed by atoms with Crippen molar-refractivity contribution < 1.29 is 4.42 Å². The first-order chi connectivity index (χ1) is 7.84. The van der Waals surface area contributed by atoms with E-state index >= 15 is 0 Å². The molecule has 1 aromatic rings. The average molecular weight is 222 g/mol. The predicted octanol–water partition coefficient (Wildman–Crippen LogP) is 2.16. The summed E-state index contributed by atoms with van der Waals surface area (Å²) in [6.07, 6.45) is 5.86. The largest absolute Gasteiger partial charge is 0.469 e. The van der Waals surface area contributed by atoms with E-state index < -0.39 is 0 Å². The molecular formula is C13H22N2O. The van der Waals surface area contributed by atoms with Crippen LogP contribution in [-0.4, -0.2) is 31.1 Å². The maximum atomic E-state index is 5.25. The molecule has 1 N–H and O–H groups in total. The zero-order valence-corrected chi connectivity index (χ0v) is 10.2. The molecule has 1 aromatic heterocycles. The van der Waals surface area contributed by atoms with Crippen molar-refractivity contribution in [2.24, 2.45) is 0 Å². The molecule has 2 heterocycles. The molecule has 0 spiro atoms. The Bertz CT molecular complexity index is 303. The van der Waals surface area contributed by atoms with Gasteiger partial charge in [-0.3, -0.25) is 0 Å². The molecule has 3 nitrogen and oxygen atoms in total. The molecule has 0 atom stereocenters. The zero-order chi connectivity index (χ0) is 11.2. The monoisotopic (exact) mass is 222 g/mol. The van der Waals surface area contributed by atoms with E-state index in [-0.39, 0.29) is 0 Å². The first-order valence-corrected chi connectivity index (χ1v) is 6.32. The molecule has 16 heavy (non-hydrogen) atoms. The van der Waals surface area contributed by atoms with Crippen LogP contribution in [0.5, 0.6) is 0 Å². The number of rotatable bonds is 6. The Labute approximate surface area is 97.8 Å². The Morgan fingerprint density at radius 2 is 2.19 bits per heavy atom. The van der Waals surface area contributed by atoms with Gasteiger partial charge < -0.3 is 14.6 Å². The molecule has 1 fully saturated rings. The molecule has 1 saturated heterocycles. The van der Waals surface area contributed by atoms with Gasteiger partial charge in [0.2, 0.25) is 0 Å². The summed E-state index contributed by atoms with van der Waals surface area (Å²) in [5.74, 6) is 0.994. The summed E-state index contributed by atoms with van der Waals surface area (Å²) in [6.45, 7) is 7.87. The molecule has 0 saturated carbocycles. The Morgan fingerprint density at radius 3 is 2.88 bits per heavy atom. The lowest BCUT2D eigenvalue weighted by Crippen LogP contribution is -2.24. The maximum absolute atomic E-state index is 5.25. The number of hydrogen-bond donors (Lipinski definition) is 1. The minimum absolute atomic E-state index is 0.928. The number of nitrogens with one attached hydrogen (secondary N) is 1. The molecule has 0 aliphatic carbocycles. The van der Waals surface area contributed by atoms with Gasteiger partial charge in [0.25, 0.3) is 0 Å². The third-order valence-electron chi connectivity index (χ3n) is 3.14. The van der Waals surface area contributed by atoms with Crippen LogP contribution in [0.4, 0.5) is 0 Å². The molecule has 0 bridgehead atoms. The van der Waals surface area contributed by atoms with Crippen molar-refractivity contribution in [3.05, 3.63) is 23.7 Å². The van der Waals surface area contributed by atoms with Gasteiger partial charge in [-0.05, 0) is 58.4 Å². The summed E-state index contributed by atoms with van der Waals surface area (Å²) in [4.78, 5) is 2.56. The van der Waals surface area contributed by atoms with Crippen LogP contribution in [0.25, 0.3) is 0 Å². The second-order valence-corrected chi connectivity index (χ2v) is 4.64. The lowest BCUT2D eigenvalue weighted by atomic mass is 10.3. The van der Waals surface area contributed by atoms with Crippen LogP contribution < -0.4 is 5.32 Å². The van der Waals surface area contributed by atoms with Crippen molar-refractivity contribution in [2.45, 2.75) is 32.7 Å². The summed E-state index contributed by atoms with van der Waals surface area (Å²) in [7, 11) is 0. The standard InChI is InChI=1S/C13H22N2O/c1-12-9-13(11-16-12)10-14-5-4-8-15-6-2-3-7-15/h9,11,14H,2-8,10H2,1H3. The molecule has 0 radical (unpaired) electrons. The Hall–Kier alpha value is -0.800. The number of hydrogen-bond acceptors (Lipinski definition) is 3. The summed E-state index contributed by atoms with van der Waals surface area (Å²) < 4.78 is 5.25. The van der Waals surface area contributed by atoms with Crippen LogP contribution in [-0.2, 0) is 6.54 Å². The van der Waals surface area contributed by atoms with Crippen molar-refractivity contribution >= 4 is 0 Å². The van der Waals surface area contributed by atoms with E-state index in [1.165, 1.54) is 44.5 Å². The van der Waals surface area contributed by atoms with Gasteiger partial charge in [0.15, 0.2) is 0 Å². The highest BCUT2D eigenvalue weighted by Crippen LogP contribution is 2.07. The molecule has 0 amide bonds. The van der Waals surface area contributed by atoms with Gasteiger partial charge in [-0.15, -0.1) is 0 Å². The normalized spacial score (nSPS) is 17.1. The van der Waals surface area contributed by atoms with E-state index in [0.717, 1.165) is 18.8 Å². The second kappa shape index (κ2) is 6.06. The SMILES string of the molecule is Cc1cc(CNCCCN2CCCC2)co1. The van der Waals surface area contributed by atoms with Crippen molar-refractivity contribution in [1.29, 1.82) is 0 Å². The van der Waals surface area contributed by atoms with E-state index in [1.807, 2.05) is 13.2 Å². The van der Waals surface area contributed by atoms with Gasteiger partial charge in [0.1, 0.15) is 5.76 Å². The van der Waals surface area contributed by atoms with Gasteiger partial charge in [0, 0.05) is 12.1 Å². The van der Waals surface area contributed by atoms with E-state index in [4.69, 9.17) is 4.42 Å². The predicted molar refractivity (Wildman–Crippen MR) is 65.4 cm³/mol. The molecule has 0 unspecified atom stereocenters. The molecule has 90 valence electrons. The van der Waals surface area contributed by atoms with Crippen LogP contribution in [0.2, 0.25) is 0 Å². The van der Waals surface area contributed by atoms with E-state index in [2.05, 4.69) is 16.3 Å². The van der Waals surface area contributed by atoms with Gasteiger partial charge >= 0.3 is 0 Å². The minimum Gasteiger partial charge on any atom is -0.469 e. The highest BCUT2D eigenvalue weighted by molar-refractivity contribution is 5.10. The molecule has 0 aromatic carbocycles. The average Bonchev–Trinajstić information content (AvgIpc) is 2.89. The number of nitrogens with zero attached hydrogens (tertiary/aromatic N) is 1. The van der Waals surface area contributed by atoms with Crippen LogP contribution in [0.3, 0.4) is 0 Å². The quantitative estimate of drug-likeness (QED) is 0.748. The molecule has 1 aliphatic heterocycles. The zero-order valence-electron chi connectivity index (χ0n) is 10.2. The van der Waals surface area contributed by atoms with Crippen LogP contribution in [0, 0.1) is 6.92 Å². The minimum atomic E-state index is 0.928. The Balaban J connectivity index is 1.51. The summed E-state index contributed by atoms with van der Waals surface area (Å²) in [5.41, 5.74) is 1.25. The van der Waals surface area contributed by atoms with Crippen molar-refractivity contribution in [3.63, 3.8) is 0 Å². The van der Waals surface area contributed by atoms with Crippen LogP contribution >= 0.6 is 0 Å². The molecule has 1 aliphatic rings. The van der Waals surface area contributed by atoms with Crippen molar-refractivity contribution in [1.82, 2.24) is 10.2 Å². The van der Waals surface area contributed by atoms with Crippen LogP contribution in [0.15, 0.2) is 16.7 Å². The Morgan fingerprint density at radius 1 is 1.38 bits per heavy atom. The third kappa shape index (κ3) is 3.65. The van der Waals surface area contributed by atoms with E-state index in [9.17, 15) is 0 Å². The van der Waals surface area contributed by atoms with Crippen LogP contribution in [0.1, 0.15) is 30.6 Å². The summed E-state index contributed by atoms with van der Waals surface area (Å²) in [5, 5.41) is 3.45. The fourth-order valence-corrected chi connectivity index (χ4v) is 2.26. The Kier molecular flexibility index (Phi) is 4.43. The lowest BCUT2D eigenvalue weighted by Gasteiger charge is -2.13. The first-order valence-electron chi connectivity index (χ1n) is 6.32. The smallest absolute Gasteiger partial charge is 0.101 e. The maximum Gasteiger partial charge on any atom is 0.101 e. The van der Waals surface area contributed by atoms with Gasteiger partial charge in [0.05, 0.1) is 6.26 Å². The summed E-state index contributed by atoms with van der Waals surface area (Å²) in [6, 6.07) is 2.09. The van der Waals surface area contributed by atoms with Crippen molar-refractivity contribution in [2.75, 3.05) is 26.2 Å². The van der Waals surface area contributed by atoms with E-state index in [1.54, 1.807) is 0 Å². The molecule has 3 heteroatoms. The summed E-state index contributed by atoms with van der Waals surface area (Å²) >= 11 is 0. The van der Waals surface area contributed by atoms with Gasteiger partial charge in [-0.25, -0.2) is 0 Å². The van der Waals surface area contributed by atoms with Gasteiger partial charge in [-0.1, -0.05) is 0 Å². The van der Waals surface area contributed by atoms with E-state index in [0.29, 0.717) is 0 Å².